The molecular weight excluding hydrogens is 412 g/mol. The van der Waals surface area contributed by atoms with E-state index >= 15 is 0 Å². The summed E-state index contributed by atoms with van der Waals surface area (Å²) < 4.78 is 1.12. The Bertz CT molecular complexity index is 776. The molecule has 5 nitrogen and oxygen atoms in total. The quantitative estimate of drug-likeness (QED) is 0.786. The van der Waals surface area contributed by atoms with Crippen LogP contribution in [0.5, 0.6) is 0 Å². The Morgan fingerprint density at radius 1 is 1.15 bits per heavy atom. The second kappa shape index (κ2) is 9.17. The Kier molecular flexibility index (Phi) is 6.67. The number of hydrogen-bond donors (Lipinski definition) is 1. The number of urea groups is 1. The molecule has 0 radical (unpaired) electrons. The van der Waals surface area contributed by atoms with Crippen LogP contribution < -0.4 is 5.32 Å². The molecule has 1 aromatic heterocycles. The molecule has 2 amide bonds. The predicted molar refractivity (Wildman–Crippen MR) is 107 cm³/mol. The average Bonchev–Trinajstić information content (AvgIpc) is 3.08. The standard InChI is InChI=1S/C19H21BrN4OS/c20-18-6-5-17(26-18)7-8-22-19(25)24-11-9-23(10-12-24)14-16-3-1-15(13-21)2-4-16/h1-6H,7-12,14H2,(H,22,25). The first-order chi connectivity index (χ1) is 12.6. The lowest BCUT2D eigenvalue weighted by Gasteiger charge is -2.34. The lowest BCUT2D eigenvalue weighted by atomic mass is 10.1. The number of nitriles is 1. The third-order valence-electron chi connectivity index (χ3n) is 4.43. The molecule has 0 atom stereocenters. The minimum atomic E-state index is 0.0265. The molecule has 0 unspecified atom stereocenters. The summed E-state index contributed by atoms with van der Waals surface area (Å²) in [6, 6.07) is 14.0. The summed E-state index contributed by atoms with van der Waals surface area (Å²) in [6.45, 7) is 4.74. The number of amides is 2. The van der Waals surface area contributed by atoms with Crippen molar-refractivity contribution in [3.63, 3.8) is 0 Å². The fourth-order valence-electron chi connectivity index (χ4n) is 2.94. The second-order valence-corrected chi connectivity index (χ2v) is 8.81. The number of piperazine rings is 1. The SMILES string of the molecule is N#Cc1ccc(CN2CCN(C(=O)NCCc3ccc(Br)s3)CC2)cc1. The van der Waals surface area contributed by atoms with E-state index in [2.05, 4.69) is 38.3 Å². The molecule has 0 spiro atoms. The zero-order chi connectivity index (χ0) is 18.4. The van der Waals surface area contributed by atoms with Gasteiger partial charge >= 0.3 is 6.03 Å². The first kappa shape index (κ1) is 18.9. The van der Waals surface area contributed by atoms with Crippen LogP contribution in [-0.2, 0) is 13.0 Å². The van der Waals surface area contributed by atoms with Crippen LogP contribution in [0, 0.1) is 11.3 Å². The van der Waals surface area contributed by atoms with Gasteiger partial charge in [-0.2, -0.15) is 5.26 Å². The number of hydrogen-bond acceptors (Lipinski definition) is 4. The van der Waals surface area contributed by atoms with Crippen molar-refractivity contribution in [1.82, 2.24) is 15.1 Å². The van der Waals surface area contributed by atoms with Gasteiger partial charge in [0.1, 0.15) is 0 Å². The molecule has 26 heavy (non-hydrogen) atoms. The highest BCUT2D eigenvalue weighted by molar-refractivity contribution is 9.11. The van der Waals surface area contributed by atoms with Crippen LogP contribution in [0.25, 0.3) is 0 Å². The smallest absolute Gasteiger partial charge is 0.317 e. The molecule has 136 valence electrons. The number of rotatable bonds is 5. The highest BCUT2D eigenvalue weighted by Gasteiger charge is 2.20. The molecule has 0 aliphatic carbocycles. The van der Waals surface area contributed by atoms with Crippen molar-refractivity contribution >= 4 is 33.3 Å². The monoisotopic (exact) mass is 432 g/mol. The summed E-state index contributed by atoms with van der Waals surface area (Å²) in [7, 11) is 0. The minimum absolute atomic E-state index is 0.0265. The zero-order valence-corrected chi connectivity index (χ0v) is 16.9. The predicted octanol–water partition coefficient (Wildman–Crippen LogP) is 3.45. The molecule has 0 saturated carbocycles. The van der Waals surface area contributed by atoms with Crippen LogP contribution in [0.2, 0.25) is 0 Å². The van der Waals surface area contributed by atoms with Crippen molar-refractivity contribution in [2.24, 2.45) is 0 Å². The van der Waals surface area contributed by atoms with E-state index in [1.807, 2.05) is 35.2 Å². The molecule has 0 bridgehead atoms. The first-order valence-electron chi connectivity index (χ1n) is 8.62. The van der Waals surface area contributed by atoms with Gasteiger partial charge < -0.3 is 10.2 Å². The van der Waals surface area contributed by atoms with E-state index in [1.165, 1.54) is 10.4 Å². The van der Waals surface area contributed by atoms with Crippen molar-refractivity contribution in [3.05, 3.63) is 56.2 Å². The highest BCUT2D eigenvalue weighted by atomic mass is 79.9. The summed E-state index contributed by atoms with van der Waals surface area (Å²) in [6.07, 6.45) is 0.862. The number of carbonyl (C=O) groups is 1. The second-order valence-electron chi connectivity index (χ2n) is 6.26. The average molecular weight is 433 g/mol. The Balaban J connectivity index is 1.38. The van der Waals surface area contributed by atoms with E-state index in [0.29, 0.717) is 12.1 Å². The van der Waals surface area contributed by atoms with Crippen LogP contribution in [0.1, 0.15) is 16.0 Å². The van der Waals surface area contributed by atoms with Crippen molar-refractivity contribution in [2.45, 2.75) is 13.0 Å². The van der Waals surface area contributed by atoms with Gasteiger partial charge in [0.2, 0.25) is 0 Å². The maximum atomic E-state index is 12.3. The minimum Gasteiger partial charge on any atom is -0.338 e. The van der Waals surface area contributed by atoms with E-state index in [0.717, 1.165) is 42.9 Å². The van der Waals surface area contributed by atoms with Crippen LogP contribution in [0.15, 0.2) is 40.2 Å². The van der Waals surface area contributed by atoms with E-state index < -0.39 is 0 Å². The van der Waals surface area contributed by atoms with Crippen LogP contribution in [0.4, 0.5) is 4.79 Å². The van der Waals surface area contributed by atoms with E-state index in [9.17, 15) is 4.79 Å². The van der Waals surface area contributed by atoms with Gasteiger partial charge in [-0.05, 0) is 52.2 Å². The largest absolute Gasteiger partial charge is 0.338 e. The number of carbonyl (C=O) groups excluding carboxylic acids is 1. The number of benzene rings is 1. The van der Waals surface area contributed by atoms with Crippen molar-refractivity contribution in [1.29, 1.82) is 5.26 Å². The van der Waals surface area contributed by atoms with Gasteiger partial charge in [0, 0.05) is 44.1 Å². The van der Waals surface area contributed by atoms with E-state index in [4.69, 9.17) is 5.26 Å². The van der Waals surface area contributed by atoms with Crippen LogP contribution >= 0.6 is 27.3 Å². The Hall–Kier alpha value is -1.88. The Morgan fingerprint density at radius 3 is 2.50 bits per heavy atom. The fraction of sp³-hybridized carbons (Fsp3) is 0.368. The number of thiophene rings is 1. The summed E-state index contributed by atoms with van der Waals surface area (Å²) >= 11 is 5.16. The van der Waals surface area contributed by atoms with Gasteiger partial charge in [-0.25, -0.2) is 4.79 Å². The number of nitrogens with zero attached hydrogens (tertiary/aromatic N) is 3. The third kappa shape index (κ3) is 5.31. The maximum Gasteiger partial charge on any atom is 0.317 e. The summed E-state index contributed by atoms with van der Waals surface area (Å²) in [4.78, 5) is 17.8. The van der Waals surface area contributed by atoms with Crippen LogP contribution in [-0.4, -0.2) is 48.6 Å². The molecule has 1 aliphatic heterocycles. The molecule has 1 aromatic carbocycles. The van der Waals surface area contributed by atoms with Crippen molar-refractivity contribution < 1.29 is 4.79 Å². The molecule has 1 saturated heterocycles. The van der Waals surface area contributed by atoms with Gasteiger partial charge in [0.15, 0.2) is 0 Å². The fourth-order valence-corrected chi connectivity index (χ4v) is 4.43. The molecule has 1 fully saturated rings. The topological polar surface area (TPSA) is 59.4 Å². The van der Waals surface area contributed by atoms with Crippen molar-refractivity contribution in [2.75, 3.05) is 32.7 Å². The molecular formula is C19H21BrN4OS. The van der Waals surface area contributed by atoms with Crippen LogP contribution in [0.3, 0.4) is 0 Å². The maximum absolute atomic E-state index is 12.3. The van der Waals surface area contributed by atoms with Gasteiger partial charge in [0.25, 0.3) is 0 Å². The molecule has 2 aromatic rings. The Labute approximate surface area is 166 Å². The number of halogens is 1. The van der Waals surface area contributed by atoms with E-state index in [1.54, 1.807) is 11.3 Å². The lowest BCUT2D eigenvalue weighted by Crippen LogP contribution is -2.51. The molecule has 1 aliphatic rings. The van der Waals surface area contributed by atoms with Crippen molar-refractivity contribution in [3.8, 4) is 6.07 Å². The first-order valence-corrected chi connectivity index (χ1v) is 10.2. The van der Waals surface area contributed by atoms with Gasteiger partial charge in [-0.15, -0.1) is 11.3 Å². The third-order valence-corrected chi connectivity index (χ3v) is 6.11. The summed E-state index contributed by atoms with van der Waals surface area (Å²) in [5, 5.41) is 11.9. The van der Waals surface area contributed by atoms with Gasteiger partial charge in [0.05, 0.1) is 15.4 Å². The van der Waals surface area contributed by atoms with Gasteiger partial charge in [-0.3, -0.25) is 4.90 Å². The highest BCUT2D eigenvalue weighted by Crippen LogP contribution is 2.22. The van der Waals surface area contributed by atoms with E-state index in [-0.39, 0.29) is 6.03 Å². The molecule has 3 rings (SSSR count). The molecule has 7 heteroatoms. The van der Waals surface area contributed by atoms with Gasteiger partial charge in [-0.1, -0.05) is 12.1 Å². The summed E-state index contributed by atoms with van der Waals surface area (Å²) in [5.41, 5.74) is 1.88. The normalized spacial score (nSPS) is 14.8. The Morgan fingerprint density at radius 2 is 1.88 bits per heavy atom. The lowest BCUT2D eigenvalue weighted by molar-refractivity contribution is 0.135. The summed E-state index contributed by atoms with van der Waals surface area (Å²) in [5.74, 6) is 0. The number of nitrogens with one attached hydrogen (secondary N) is 1. The molecule has 2 heterocycles. The molecule has 1 N–H and O–H groups in total. The zero-order valence-electron chi connectivity index (χ0n) is 14.4.